The van der Waals surface area contributed by atoms with Gasteiger partial charge in [-0.05, 0) is 51.6 Å². The highest BCUT2D eigenvalue weighted by atomic mass is 19.1. The van der Waals surface area contributed by atoms with Crippen LogP contribution in [-0.4, -0.2) is 30.5 Å². The van der Waals surface area contributed by atoms with Crippen molar-refractivity contribution in [2.24, 2.45) is 0 Å². The van der Waals surface area contributed by atoms with Crippen molar-refractivity contribution in [3.8, 4) is 0 Å². The Morgan fingerprint density at radius 1 is 1.29 bits per heavy atom. The van der Waals surface area contributed by atoms with Crippen molar-refractivity contribution in [3.63, 3.8) is 0 Å². The van der Waals surface area contributed by atoms with Crippen molar-refractivity contribution >= 4 is 10.9 Å². The maximum atomic E-state index is 13.6. The van der Waals surface area contributed by atoms with E-state index in [0.717, 1.165) is 24.0 Å². The van der Waals surface area contributed by atoms with Crippen molar-refractivity contribution in [2.45, 2.75) is 20.3 Å². The number of likely N-dealkylation sites (N-methyl/N-ethyl adjacent to an activating group) is 1. The first kappa shape index (κ1) is 12.1. The normalized spacial score (nSPS) is 11.6. The molecule has 0 bridgehead atoms. The molecule has 0 fully saturated rings. The van der Waals surface area contributed by atoms with E-state index in [1.165, 1.54) is 10.9 Å². The number of benzene rings is 1. The zero-order chi connectivity index (χ0) is 12.6. The SMILES string of the molecule is Cc1c(F)cc(C)c2c(CCN(C)C)c[nH]c12. The molecule has 0 radical (unpaired) electrons. The second-order valence-corrected chi connectivity index (χ2v) is 4.92. The summed E-state index contributed by atoms with van der Waals surface area (Å²) in [4.78, 5) is 5.36. The zero-order valence-corrected chi connectivity index (χ0v) is 10.9. The van der Waals surface area contributed by atoms with Crippen LogP contribution in [-0.2, 0) is 6.42 Å². The summed E-state index contributed by atoms with van der Waals surface area (Å²) in [7, 11) is 4.12. The second kappa shape index (κ2) is 4.49. The number of nitrogens with zero attached hydrogens (tertiary/aromatic N) is 1. The van der Waals surface area contributed by atoms with E-state index in [0.29, 0.717) is 5.56 Å². The Labute approximate surface area is 101 Å². The van der Waals surface area contributed by atoms with Gasteiger partial charge in [-0.1, -0.05) is 0 Å². The summed E-state index contributed by atoms with van der Waals surface area (Å²) in [5.74, 6) is -0.129. The van der Waals surface area contributed by atoms with Gasteiger partial charge in [0.2, 0.25) is 0 Å². The van der Waals surface area contributed by atoms with Gasteiger partial charge < -0.3 is 9.88 Å². The number of rotatable bonds is 3. The molecule has 0 amide bonds. The van der Waals surface area contributed by atoms with Crippen LogP contribution in [0.25, 0.3) is 10.9 Å². The Morgan fingerprint density at radius 3 is 2.65 bits per heavy atom. The van der Waals surface area contributed by atoms with Crippen LogP contribution in [0.1, 0.15) is 16.7 Å². The number of aromatic nitrogens is 1. The van der Waals surface area contributed by atoms with Gasteiger partial charge in [-0.25, -0.2) is 4.39 Å². The Bertz CT molecular complexity index is 541. The molecule has 3 heteroatoms. The van der Waals surface area contributed by atoms with E-state index in [1.807, 2.05) is 20.0 Å². The van der Waals surface area contributed by atoms with Gasteiger partial charge in [-0.2, -0.15) is 0 Å². The first-order valence-electron chi connectivity index (χ1n) is 5.91. The number of fused-ring (bicyclic) bond motifs is 1. The predicted octanol–water partition coefficient (Wildman–Crippen LogP) is 3.03. The third kappa shape index (κ3) is 2.20. The van der Waals surface area contributed by atoms with Crippen LogP contribution in [0.2, 0.25) is 0 Å². The lowest BCUT2D eigenvalue weighted by Gasteiger charge is -2.09. The van der Waals surface area contributed by atoms with Gasteiger partial charge in [0.1, 0.15) is 5.82 Å². The monoisotopic (exact) mass is 234 g/mol. The molecular formula is C14H19FN2. The smallest absolute Gasteiger partial charge is 0.128 e. The Morgan fingerprint density at radius 2 is 2.00 bits per heavy atom. The largest absolute Gasteiger partial charge is 0.361 e. The molecule has 1 aromatic carbocycles. The molecule has 0 saturated heterocycles. The Balaban J connectivity index is 2.49. The molecule has 0 aliphatic rings. The topological polar surface area (TPSA) is 19.0 Å². The van der Waals surface area contributed by atoms with Crippen molar-refractivity contribution in [1.82, 2.24) is 9.88 Å². The van der Waals surface area contributed by atoms with E-state index in [-0.39, 0.29) is 5.82 Å². The second-order valence-electron chi connectivity index (χ2n) is 4.92. The van der Waals surface area contributed by atoms with E-state index in [1.54, 1.807) is 6.07 Å². The van der Waals surface area contributed by atoms with Crippen molar-refractivity contribution in [1.29, 1.82) is 0 Å². The maximum Gasteiger partial charge on any atom is 0.128 e. The van der Waals surface area contributed by atoms with Crippen LogP contribution >= 0.6 is 0 Å². The van der Waals surface area contributed by atoms with Gasteiger partial charge >= 0.3 is 0 Å². The average Bonchev–Trinajstić information content (AvgIpc) is 2.67. The molecule has 1 heterocycles. The molecule has 2 nitrogen and oxygen atoms in total. The summed E-state index contributed by atoms with van der Waals surface area (Å²) >= 11 is 0. The fourth-order valence-corrected chi connectivity index (χ4v) is 2.24. The van der Waals surface area contributed by atoms with Crippen LogP contribution in [0.4, 0.5) is 4.39 Å². The molecule has 1 N–H and O–H groups in total. The first-order chi connectivity index (χ1) is 8.00. The summed E-state index contributed by atoms with van der Waals surface area (Å²) in [5.41, 5.74) is 3.94. The van der Waals surface area contributed by atoms with Gasteiger partial charge in [-0.3, -0.25) is 0 Å². The minimum atomic E-state index is -0.129. The number of halogens is 1. The predicted molar refractivity (Wildman–Crippen MR) is 70.0 cm³/mol. The third-order valence-corrected chi connectivity index (χ3v) is 3.26. The van der Waals surface area contributed by atoms with Crippen LogP contribution in [0.3, 0.4) is 0 Å². The quantitative estimate of drug-likeness (QED) is 0.865. The van der Waals surface area contributed by atoms with Crippen LogP contribution in [0.5, 0.6) is 0 Å². The van der Waals surface area contributed by atoms with Crippen LogP contribution < -0.4 is 0 Å². The fourth-order valence-electron chi connectivity index (χ4n) is 2.24. The van der Waals surface area contributed by atoms with Gasteiger partial charge in [0.25, 0.3) is 0 Å². The highest BCUT2D eigenvalue weighted by Gasteiger charge is 2.12. The van der Waals surface area contributed by atoms with Gasteiger partial charge in [0, 0.05) is 23.7 Å². The molecule has 0 saturated carbocycles. The molecule has 17 heavy (non-hydrogen) atoms. The molecule has 0 aliphatic carbocycles. The van der Waals surface area contributed by atoms with E-state index in [9.17, 15) is 4.39 Å². The first-order valence-corrected chi connectivity index (χ1v) is 5.91. The van der Waals surface area contributed by atoms with Gasteiger partial charge in [0.05, 0.1) is 5.52 Å². The fraction of sp³-hybridized carbons (Fsp3) is 0.429. The summed E-state index contributed by atoms with van der Waals surface area (Å²) in [6.07, 6.45) is 2.99. The van der Waals surface area contributed by atoms with Crippen molar-refractivity contribution in [3.05, 3.63) is 34.8 Å². The lowest BCUT2D eigenvalue weighted by molar-refractivity contribution is 0.414. The third-order valence-electron chi connectivity index (χ3n) is 3.26. The average molecular weight is 234 g/mol. The number of aryl methyl sites for hydroxylation is 2. The summed E-state index contributed by atoms with van der Waals surface area (Å²) in [6.45, 7) is 4.80. The molecule has 0 unspecified atom stereocenters. The number of H-pyrrole nitrogens is 1. The summed E-state index contributed by atoms with van der Waals surface area (Å²) in [6, 6.07) is 1.63. The molecule has 1 aromatic heterocycles. The molecule has 2 aromatic rings. The number of hydrogen-bond donors (Lipinski definition) is 1. The van der Waals surface area contributed by atoms with E-state index >= 15 is 0 Å². The lowest BCUT2D eigenvalue weighted by Crippen LogP contribution is -2.14. The van der Waals surface area contributed by atoms with Gasteiger partial charge in [-0.15, -0.1) is 0 Å². The summed E-state index contributed by atoms with van der Waals surface area (Å²) < 4.78 is 13.6. The van der Waals surface area contributed by atoms with Gasteiger partial charge in [0.15, 0.2) is 0 Å². The number of aromatic amines is 1. The highest BCUT2D eigenvalue weighted by Crippen LogP contribution is 2.27. The Hall–Kier alpha value is -1.35. The Kier molecular flexibility index (Phi) is 3.20. The molecule has 2 rings (SSSR count). The molecule has 0 atom stereocenters. The zero-order valence-electron chi connectivity index (χ0n) is 10.9. The van der Waals surface area contributed by atoms with Crippen LogP contribution in [0.15, 0.2) is 12.3 Å². The van der Waals surface area contributed by atoms with E-state index < -0.39 is 0 Å². The molecule has 0 spiro atoms. The maximum absolute atomic E-state index is 13.6. The lowest BCUT2D eigenvalue weighted by atomic mass is 10.0. The molecular weight excluding hydrogens is 215 g/mol. The van der Waals surface area contributed by atoms with Crippen LogP contribution in [0, 0.1) is 19.7 Å². The van der Waals surface area contributed by atoms with Crippen molar-refractivity contribution in [2.75, 3.05) is 20.6 Å². The van der Waals surface area contributed by atoms with E-state index in [4.69, 9.17) is 0 Å². The molecule has 92 valence electrons. The van der Waals surface area contributed by atoms with E-state index in [2.05, 4.69) is 24.0 Å². The standard InChI is InChI=1S/C14H19FN2/c1-9-7-12(15)10(2)14-13(9)11(8-16-14)5-6-17(3)4/h7-8,16H,5-6H2,1-4H3. The summed E-state index contributed by atoms with van der Waals surface area (Å²) in [5, 5.41) is 1.19. The van der Waals surface area contributed by atoms with Crippen molar-refractivity contribution < 1.29 is 4.39 Å². The molecule has 0 aliphatic heterocycles. The number of hydrogen-bond acceptors (Lipinski definition) is 1. The number of nitrogens with one attached hydrogen (secondary N) is 1. The minimum Gasteiger partial charge on any atom is -0.361 e. The highest BCUT2D eigenvalue weighted by molar-refractivity contribution is 5.89. The minimum absolute atomic E-state index is 0.129.